The van der Waals surface area contributed by atoms with Crippen LogP contribution in [-0.2, 0) is 4.74 Å². The molecule has 2 aliphatic heterocycles. The van der Waals surface area contributed by atoms with Gasteiger partial charge < -0.3 is 9.64 Å². The number of amides is 2. The van der Waals surface area contributed by atoms with Crippen molar-refractivity contribution in [3.05, 3.63) is 23.9 Å². The lowest BCUT2D eigenvalue weighted by atomic mass is 9.81. The van der Waals surface area contributed by atoms with Crippen molar-refractivity contribution in [2.45, 2.75) is 44.4 Å². The minimum atomic E-state index is 0.00667. The molecule has 3 aliphatic rings. The predicted octanol–water partition coefficient (Wildman–Crippen LogP) is 3.63. The highest BCUT2D eigenvalue weighted by molar-refractivity contribution is 5.88. The van der Waals surface area contributed by atoms with Gasteiger partial charge in [0.15, 0.2) is 0 Å². The largest absolute Gasteiger partial charge is 0.381 e. The van der Waals surface area contributed by atoms with Gasteiger partial charge in [-0.15, -0.1) is 0 Å². The molecule has 4 rings (SSSR count). The Balaban J connectivity index is 1.35. The third-order valence-corrected chi connectivity index (χ3v) is 5.68. The van der Waals surface area contributed by atoms with Crippen molar-refractivity contribution in [1.82, 2.24) is 9.88 Å². The summed E-state index contributed by atoms with van der Waals surface area (Å²) in [5.41, 5.74) is 1.12. The van der Waals surface area contributed by atoms with E-state index in [1.165, 1.54) is 19.3 Å². The van der Waals surface area contributed by atoms with Crippen LogP contribution in [0.1, 0.15) is 50.1 Å². The topological polar surface area (TPSA) is 54.5 Å². The average Bonchev–Trinajstić information content (AvgIpc) is 3.48. The lowest BCUT2D eigenvalue weighted by molar-refractivity contribution is 0.0322. The second-order valence-electron chi connectivity index (χ2n) is 7.45. The van der Waals surface area contributed by atoms with Gasteiger partial charge in [0.2, 0.25) is 0 Å². The van der Waals surface area contributed by atoms with Crippen LogP contribution in [0, 0.1) is 11.8 Å². The van der Waals surface area contributed by atoms with Gasteiger partial charge in [-0.25, -0.2) is 9.78 Å². The fourth-order valence-electron chi connectivity index (χ4n) is 4.08. The lowest BCUT2D eigenvalue weighted by Crippen LogP contribution is -2.45. The Bertz CT molecular complexity index is 582. The van der Waals surface area contributed by atoms with Crippen molar-refractivity contribution in [3.8, 4) is 0 Å². The van der Waals surface area contributed by atoms with E-state index in [1.54, 1.807) is 0 Å². The number of aromatic nitrogens is 1. The number of hydrogen-bond donors (Lipinski definition) is 1. The van der Waals surface area contributed by atoms with Crippen molar-refractivity contribution in [2.24, 2.45) is 11.8 Å². The maximum Gasteiger partial charge on any atom is 0.323 e. The molecule has 0 bridgehead atoms. The first kappa shape index (κ1) is 15.9. The van der Waals surface area contributed by atoms with Gasteiger partial charge in [0.05, 0.1) is 0 Å². The predicted molar refractivity (Wildman–Crippen MR) is 93.1 cm³/mol. The quantitative estimate of drug-likeness (QED) is 0.921. The second kappa shape index (κ2) is 7.09. The number of pyridine rings is 1. The van der Waals surface area contributed by atoms with Gasteiger partial charge in [0, 0.05) is 37.9 Å². The zero-order valence-electron chi connectivity index (χ0n) is 14.2. The van der Waals surface area contributed by atoms with E-state index >= 15 is 0 Å². The van der Waals surface area contributed by atoms with Gasteiger partial charge in [0.1, 0.15) is 5.82 Å². The molecular formula is C19H27N3O2. The van der Waals surface area contributed by atoms with Crippen LogP contribution < -0.4 is 5.32 Å². The molecule has 1 aromatic rings. The van der Waals surface area contributed by atoms with Crippen molar-refractivity contribution in [2.75, 3.05) is 31.6 Å². The number of nitrogens with one attached hydrogen (secondary N) is 1. The number of rotatable bonds is 3. The Morgan fingerprint density at radius 2 is 1.96 bits per heavy atom. The number of piperidine rings is 1. The molecule has 3 fully saturated rings. The van der Waals surface area contributed by atoms with E-state index in [0.717, 1.165) is 51.3 Å². The number of hydrogen-bond acceptors (Lipinski definition) is 3. The number of ether oxygens (including phenoxy) is 1. The molecule has 1 atom stereocenters. The standard InChI is InChI=1S/C19H27N3O2/c23-19(21-18-5-1-4-17(20-18)15-6-7-15)22-10-2-3-16(13-22)14-8-11-24-12-9-14/h1,4-5,14-16H,2-3,6-13H2,(H,20,21,23). The summed E-state index contributed by atoms with van der Waals surface area (Å²) < 4.78 is 5.48. The Hall–Kier alpha value is -1.62. The van der Waals surface area contributed by atoms with Crippen LogP contribution >= 0.6 is 0 Å². The Morgan fingerprint density at radius 1 is 1.12 bits per heavy atom. The third-order valence-electron chi connectivity index (χ3n) is 5.68. The maximum atomic E-state index is 12.6. The summed E-state index contributed by atoms with van der Waals surface area (Å²) >= 11 is 0. The normalized spacial score (nSPS) is 25.5. The molecule has 0 radical (unpaired) electrons. The summed E-state index contributed by atoms with van der Waals surface area (Å²) in [6, 6.07) is 5.96. The van der Waals surface area contributed by atoms with Crippen LogP contribution in [-0.4, -0.2) is 42.2 Å². The molecule has 1 aliphatic carbocycles. The number of carbonyl (C=O) groups excluding carboxylic acids is 1. The van der Waals surface area contributed by atoms with Gasteiger partial charge in [0.25, 0.3) is 0 Å². The molecule has 1 N–H and O–H groups in total. The molecule has 5 heteroatoms. The maximum absolute atomic E-state index is 12.6. The SMILES string of the molecule is O=C(Nc1cccc(C2CC2)n1)N1CCCC(C2CCOCC2)C1. The Morgan fingerprint density at radius 3 is 2.75 bits per heavy atom. The van der Waals surface area contributed by atoms with E-state index in [0.29, 0.717) is 23.6 Å². The fraction of sp³-hybridized carbons (Fsp3) is 0.684. The Kier molecular flexibility index (Phi) is 4.69. The van der Waals surface area contributed by atoms with E-state index in [-0.39, 0.29) is 6.03 Å². The first-order valence-corrected chi connectivity index (χ1v) is 9.40. The molecule has 1 aromatic heterocycles. The van der Waals surface area contributed by atoms with E-state index in [2.05, 4.69) is 16.4 Å². The molecule has 130 valence electrons. The first-order valence-electron chi connectivity index (χ1n) is 9.40. The van der Waals surface area contributed by atoms with E-state index in [9.17, 15) is 4.79 Å². The van der Waals surface area contributed by atoms with Crippen LogP contribution in [0.3, 0.4) is 0 Å². The lowest BCUT2D eigenvalue weighted by Gasteiger charge is -2.38. The van der Waals surface area contributed by atoms with Crippen LogP contribution in [0.25, 0.3) is 0 Å². The van der Waals surface area contributed by atoms with Gasteiger partial charge in [-0.3, -0.25) is 5.32 Å². The number of urea groups is 1. The van der Waals surface area contributed by atoms with Crippen LogP contribution in [0.2, 0.25) is 0 Å². The van der Waals surface area contributed by atoms with Crippen LogP contribution in [0.4, 0.5) is 10.6 Å². The van der Waals surface area contributed by atoms with Gasteiger partial charge in [-0.2, -0.15) is 0 Å². The number of carbonyl (C=O) groups is 1. The highest BCUT2D eigenvalue weighted by atomic mass is 16.5. The molecule has 2 saturated heterocycles. The highest BCUT2D eigenvalue weighted by Crippen LogP contribution is 2.39. The van der Waals surface area contributed by atoms with Crippen LogP contribution in [0.15, 0.2) is 18.2 Å². The molecule has 1 saturated carbocycles. The van der Waals surface area contributed by atoms with Gasteiger partial charge in [-0.05, 0) is 62.5 Å². The summed E-state index contributed by atoms with van der Waals surface area (Å²) in [6.45, 7) is 3.49. The average molecular weight is 329 g/mol. The van der Waals surface area contributed by atoms with Gasteiger partial charge >= 0.3 is 6.03 Å². The van der Waals surface area contributed by atoms with Crippen molar-refractivity contribution in [3.63, 3.8) is 0 Å². The molecular weight excluding hydrogens is 302 g/mol. The van der Waals surface area contributed by atoms with E-state index < -0.39 is 0 Å². The summed E-state index contributed by atoms with van der Waals surface area (Å²) in [5, 5.41) is 3.01. The van der Waals surface area contributed by atoms with Crippen molar-refractivity contribution in [1.29, 1.82) is 0 Å². The van der Waals surface area contributed by atoms with Crippen molar-refractivity contribution >= 4 is 11.8 Å². The molecule has 1 unspecified atom stereocenters. The Labute approximate surface area is 143 Å². The van der Waals surface area contributed by atoms with Crippen LogP contribution in [0.5, 0.6) is 0 Å². The third kappa shape index (κ3) is 3.72. The summed E-state index contributed by atoms with van der Waals surface area (Å²) in [6.07, 6.45) is 7.08. The zero-order chi connectivity index (χ0) is 16.4. The van der Waals surface area contributed by atoms with Gasteiger partial charge in [-0.1, -0.05) is 6.07 Å². The first-order chi connectivity index (χ1) is 11.8. The number of anilines is 1. The molecule has 5 nitrogen and oxygen atoms in total. The highest BCUT2D eigenvalue weighted by Gasteiger charge is 2.31. The summed E-state index contributed by atoms with van der Waals surface area (Å²) in [7, 11) is 0. The smallest absolute Gasteiger partial charge is 0.323 e. The molecule has 3 heterocycles. The number of nitrogens with zero attached hydrogens (tertiary/aromatic N) is 2. The van der Waals surface area contributed by atoms with E-state index in [1.807, 2.05) is 17.0 Å². The zero-order valence-corrected chi connectivity index (χ0v) is 14.2. The minimum Gasteiger partial charge on any atom is -0.381 e. The monoisotopic (exact) mass is 329 g/mol. The molecule has 0 spiro atoms. The minimum absolute atomic E-state index is 0.00667. The summed E-state index contributed by atoms with van der Waals surface area (Å²) in [4.78, 5) is 19.2. The number of likely N-dealkylation sites (tertiary alicyclic amines) is 1. The van der Waals surface area contributed by atoms with E-state index in [4.69, 9.17) is 4.74 Å². The fourth-order valence-corrected chi connectivity index (χ4v) is 4.08. The molecule has 24 heavy (non-hydrogen) atoms. The van der Waals surface area contributed by atoms with Crippen molar-refractivity contribution < 1.29 is 9.53 Å². The summed E-state index contributed by atoms with van der Waals surface area (Å²) in [5.74, 6) is 2.64. The molecule has 2 amide bonds. The molecule has 0 aromatic carbocycles. The second-order valence-corrected chi connectivity index (χ2v) is 7.45.